The van der Waals surface area contributed by atoms with Crippen molar-refractivity contribution in [1.82, 2.24) is 15.3 Å². The van der Waals surface area contributed by atoms with Crippen LogP contribution in [0.25, 0.3) is 11.0 Å². The number of methoxy groups -OCH3 is 1. The first kappa shape index (κ1) is 14.4. The van der Waals surface area contributed by atoms with Crippen LogP contribution in [0.5, 0.6) is 11.5 Å². The number of H-pyrrole nitrogens is 1. The monoisotopic (exact) mass is 297 g/mol. The molecule has 0 aliphatic heterocycles. The number of benzene rings is 2. The van der Waals surface area contributed by atoms with Crippen molar-refractivity contribution in [3.8, 4) is 11.5 Å². The zero-order chi connectivity index (χ0) is 15.4. The number of aromatic amines is 1. The fraction of sp³-hybridized carbons (Fsp3) is 0.235. The highest BCUT2D eigenvalue weighted by Crippen LogP contribution is 2.17. The van der Waals surface area contributed by atoms with Crippen molar-refractivity contribution in [1.29, 1.82) is 0 Å². The van der Waals surface area contributed by atoms with Crippen LogP contribution in [0, 0.1) is 0 Å². The molecule has 114 valence electrons. The summed E-state index contributed by atoms with van der Waals surface area (Å²) in [6.07, 6.45) is 0.811. The van der Waals surface area contributed by atoms with E-state index in [1.807, 2.05) is 18.2 Å². The van der Waals surface area contributed by atoms with Gasteiger partial charge in [-0.15, -0.1) is 0 Å². The Labute approximate surface area is 129 Å². The molecular weight excluding hydrogens is 278 g/mol. The lowest BCUT2D eigenvalue weighted by atomic mass is 10.2. The molecule has 0 bridgehead atoms. The molecule has 1 aromatic heterocycles. The van der Waals surface area contributed by atoms with Gasteiger partial charge in [-0.05, 0) is 29.8 Å². The van der Waals surface area contributed by atoms with Gasteiger partial charge in [0.2, 0.25) is 0 Å². The molecule has 0 aliphatic carbocycles. The van der Waals surface area contributed by atoms with Gasteiger partial charge in [0.1, 0.15) is 17.3 Å². The van der Waals surface area contributed by atoms with Crippen molar-refractivity contribution < 1.29 is 9.84 Å². The van der Waals surface area contributed by atoms with E-state index in [0.29, 0.717) is 0 Å². The Balaban J connectivity index is 1.51. The molecule has 0 spiro atoms. The Morgan fingerprint density at radius 2 is 2.00 bits per heavy atom. The lowest BCUT2D eigenvalue weighted by molar-refractivity contribution is 0.414. The normalized spacial score (nSPS) is 11.0. The van der Waals surface area contributed by atoms with Crippen molar-refractivity contribution >= 4 is 11.0 Å². The smallest absolute Gasteiger partial charge is 0.118 e. The molecule has 22 heavy (non-hydrogen) atoms. The number of imidazole rings is 1. The maximum absolute atomic E-state index is 9.45. The lowest BCUT2D eigenvalue weighted by Crippen LogP contribution is -2.17. The second-order valence-corrected chi connectivity index (χ2v) is 5.16. The Kier molecular flexibility index (Phi) is 4.25. The van der Waals surface area contributed by atoms with E-state index in [0.717, 1.165) is 42.1 Å². The number of hydrogen-bond donors (Lipinski definition) is 3. The quantitative estimate of drug-likeness (QED) is 0.612. The van der Waals surface area contributed by atoms with Gasteiger partial charge in [0, 0.05) is 25.6 Å². The molecule has 0 radical (unpaired) electrons. The Hall–Kier alpha value is -2.53. The Morgan fingerprint density at radius 3 is 2.77 bits per heavy atom. The molecule has 0 fully saturated rings. The van der Waals surface area contributed by atoms with Crippen LogP contribution < -0.4 is 10.1 Å². The van der Waals surface area contributed by atoms with Crippen LogP contribution >= 0.6 is 0 Å². The maximum Gasteiger partial charge on any atom is 0.118 e. The zero-order valence-corrected chi connectivity index (χ0v) is 12.5. The van der Waals surface area contributed by atoms with E-state index in [-0.39, 0.29) is 5.75 Å². The second-order valence-electron chi connectivity index (χ2n) is 5.16. The fourth-order valence-electron chi connectivity index (χ4n) is 2.35. The van der Waals surface area contributed by atoms with Gasteiger partial charge < -0.3 is 20.1 Å². The summed E-state index contributed by atoms with van der Waals surface area (Å²) < 4.78 is 5.14. The predicted molar refractivity (Wildman–Crippen MR) is 86.2 cm³/mol. The second kappa shape index (κ2) is 6.49. The van der Waals surface area contributed by atoms with Crippen molar-refractivity contribution in [3.63, 3.8) is 0 Å². The average molecular weight is 297 g/mol. The molecule has 1 heterocycles. The molecule has 5 heteroatoms. The van der Waals surface area contributed by atoms with E-state index in [1.54, 1.807) is 19.2 Å². The number of phenols is 1. The molecule has 3 aromatic rings. The molecule has 2 aromatic carbocycles. The van der Waals surface area contributed by atoms with E-state index in [9.17, 15) is 5.11 Å². The Morgan fingerprint density at radius 1 is 1.18 bits per heavy atom. The maximum atomic E-state index is 9.45. The van der Waals surface area contributed by atoms with Crippen LogP contribution in [-0.4, -0.2) is 28.7 Å². The molecule has 3 N–H and O–H groups in total. The number of aromatic nitrogens is 2. The number of nitrogens with one attached hydrogen (secondary N) is 2. The van der Waals surface area contributed by atoms with Crippen LogP contribution in [0.1, 0.15) is 11.4 Å². The summed E-state index contributed by atoms with van der Waals surface area (Å²) in [5.41, 5.74) is 2.96. The molecular formula is C17H19N3O2. The van der Waals surface area contributed by atoms with Crippen molar-refractivity contribution in [2.75, 3.05) is 13.7 Å². The van der Waals surface area contributed by atoms with E-state index < -0.39 is 0 Å². The summed E-state index contributed by atoms with van der Waals surface area (Å²) >= 11 is 0. The number of ether oxygens (including phenoxy) is 1. The summed E-state index contributed by atoms with van der Waals surface area (Å²) in [6, 6.07) is 13.2. The molecule has 0 saturated heterocycles. The fourth-order valence-corrected chi connectivity index (χ4v) is 2.35. The highest BCUT2D eigenvalue weighted by atomic mass is 16.5. The van der Waals surface area contributed by atoms with Gasteiger partial charge in [-0.25, -0.2) is 4.98 Å². The molecule has 0 saturated carbocycles. The highest BCUT2D eigenvalue weighted by molar-refractivity contribution is 5.76. The minimum atomic E-state index is 0.250. The zero-order valence-electron chi connectivity index (χ0n) is 12.5. The summed E-state index contributed by atoms with van der Waals surface area (Å²) in [6.45, 7) is 1.64. The summed E-state index contributed by atoms with van der Waals surface area (Å²) in [5.74, 6) is 2.04. The number of fused-ring (bicyclic) bond motifs is 1. The SMILES string of the molecule is COc1ccc(CNCCc2nc3ccc(O)cc3[nH]2)cc1. The molecule has 0 unspecified atom stereocenters. The van der Waals surface area contributed by atoms with Gasteiger partial charge >= 0.3 is 0 Å². The third-order valence-corrected chi connectivity index (χ3v) is 3.54. The van der Waals surface area contributed by atoms with Crippen molar-refractivity contribution in [2.45, 2.75) is 13.0 Å². The molecule has 0 amide bonds. The van der Waals surface area contributed by atoms with Crippen molar-refractivity contribution in [2.24, 2.45) is 0 Å². The van der Waals surface area contributed by atoms with Gasteiger partial charge in [0.15, 0.2) is 0 Å². The van der Waals surface area contributed by atoms with E-state index >= 15 is 0 Å². The molecule has 5 nitrogen and oxygen atoms in total. The topological polar surface area (TPSA) is 70.2 Å². The van der Waals surface area contributed by atoms with Gasteiger partial charge in [-0.2, -0.15) is 0 Å². The van der Waals surface area contributed by atoms with Gasteiger partial charge in [0.05, 0.1) is 18.1 Å². The average Bonchev–Trinajstić information content (AvgIpc) is 2.94. The Bertz CT molecular complexity index is 750. The summed E-state index contributed by atoms with van der Waals surface area (Å²) in [4.78, 5) is 7.72. The van der Waals surface area contributed by atoms with E-state index in [2.05, 4.69) is 27.4 Å². The molecule has 0 aliphatic rings. The first-order chi connectivity index (χ1) is 10.7. The standard InChI is InChI=1S/C17H19N3O2/c1-22-14-5-2-12(3-6-14)11-18-9-8-17-19-15-7-4-13(21)10-16(15)20-17/h2-7,10,18,21H,8-9,11H2,1H3,(H,19,20). The highest BCUT2D eigenvalue weighted by Gasteiger charge is 2.03. The number of phenolic OH excluding ortho intramolecular Hbond substituents is 1. The third-order valence-electron chi connectivity index (χ3n) is 3.54. The minimum absolute atomic E-state index is 0.250. The number of nitrogens with zero attached hydrogens (tertiary/aromatic N) is 1. The van der Waals surface area contributed by atoms with Gasteiger partial charge in [-0.1, -0.05) is 12.1 Å². The number of hydrogen-bond acceptors (Lipinski definition) is 4. The third kappa shape index (κ3) is 3.38. The van der Waals surface area contributed by atoms with Gasteiger partial charge in [-0.3, -0.25) is 0 Å². The first-order valence-corrected chi connectivity index (χ1v) is 7.26. The van der Waals surface area contributed by atoms with Crippen LogP contribution in [-0.2, 0) is 13.0 Å². The van der Waals surface area contributed by atoms with Crippen LogP contribution in [0.15, 0.2) is 42.5 Å². The largest absolute Gasteiger partial charge is 0.508 e. The lowest BCUT2D eigenvalue weighted by Gasteiger charge is -2.05. The molecule has 3 rings (SSSR count). The van der Waals surface area contributed by atoms with Crippen LogP contribution in [0.2, 0.25) is 0 Å². The van der Waals surface area contributed by atoms with Gasteiger partial charge in [0.25, 0.3) is 0 Å². The first-order valence-electron chi connectivity index (χ1n) is 7.26. The summed E-state index contributed by atoms with van der Waals surface area (Å²) in [7, 11) is 1.67. The predicted octanol–water partition coefficient (Wildman–Crippen LogP) is 2.61. The minimum Gasteiger partial charge on any atom is -0.508 e. The van der Waals surface area contributed by atoms with Crippen LogP contribution in [0.4, 0.5) is 0 Å². The van der Waals surface area contributed by atoms with Crippen molar-refractivity contribution in [3.05, 3.63) is 53.9 Å². The van der Waals surface area contributed by atoms with E-state index in [1.165, 1.54) is 5.56 Å². The number of rotatable bonds is 6. The number of aromatic hydroxyl groups is 1. The molecule has 0 atom stereocenters. The van der Waals surface area contributed by atoms with E-state index in [4.69, 9.17) is 4.74 Å². The summed E-state index contributed by atoms with van der Waals surface area (Å²) in [5, 5.41) is 12.8. The van der Waals surface area contributed by atoms with Crippen LogP contribution in [0.3, 0.4) is 0 Å².